The lowest BCUT2D eigenvalue weighted by Crippen LogP contribution is -2.32. The van der Waals surface area contributed by atoms with Crippen LogP contribution in [0.25, 0.3) is 0 Å². The lowest BCUT2D eigenvalue weighted by atomic mass is 9.92. The van der Waals surface area contributed by atoms with Gasteiger partial charge in [-0.05, 0) is 51.0 Å². The van der Waals surface area contributed by atoms with Crippen LogP contribution in [0.4, 0.5) is 0 Å². The molecule has 88 valence electrons. The summed E-state index contributed by atoms with van der Waals surface area (Å²) in [6.45, 7) is 6.12. The summed E-state index contributed by atoms with van der Waals surface area (Å²) < 4.78 is 0. The number of hydrogen-bond donors (Lipinski definition) is 1. The average Bonchev–Trinajstić information content (AvgIpc) is 2.73. The van der Waals surface area contributed by atoms with Gasteiger partial charge in [-0.25, -0.2) is 0 Å². The third kappa shape index (κ3) is 3.98. The molecular formula is C14H27N. The van der Waals surface area contributed by atoms with Gasteiger partial charge in [0.1, 0.15) is 0 Å². The molecule has 1 saturated carbocycles. The number of allylic oxidation sites excluding steroid dienone is 1. The van der Waals surface area contributed by atoms with E-state index in [0.717, 1.165) is 17.9 Å². The van der Waals surface area contributed by atoms with Crippen molar-refractivity contribution < 1.29 is 0 Å². The second kappa shape index (κ2) is 7.05. The van der Waals surface area contributed by atoms with E-state index in [4.69, 9.17) is 0 Å². The molecule has 3 atom stereocenters. The van der Waals surface area contributed by atoms with Crippen LogP contribution < -0.4 is 5.32 Å². The topological polar surface area (TPSA) is 12.0 Å². The minimum atomic E-state index is 0.751. The van der Waals surface area contributed by atoms with Crippen LogP contribution in [-0.2, 0) is 0 Å². The van der Waals surface area contributed by atoms with Crippen LogP contribution in [0.1, 0.15) is 51.9 Å². The fraction of sp³-hybridized carbons (Fsp3) is 0.857. The van der Waals surface area contributed by atoms with Gasteiger partial charge in [-0.1, -0.05) is 25.8 Å². The van der Waals surface area contributed by atoms with Crippen LogP contribution >= 0.6 is 0 Å². The summed E-state index contributed by atoms with van der Waals surface area (Å²) in [6.07, 6.45) is 11.6. The van der Waals surface area contributed by atoms with Gasteiger partial charge in [-0.15, -0.1) is 6.58 Å². The molecule has 3 unspecified atom stereocenters. The average molecular weight is 209 g/mol. The zero-order chi connectivity index (χ0) is 11.1. The maximum atomic E-state index is 3.79. The minimum Gasteiger partial charge on any atom is -0.317 e. The molecule has 0 saturated heterocycles. The van der Waals surface area contributed by atoms with Gasteiger partial charge in [-0.3, -0.25) is 0 Å². The molecule has 0 aromatic heterocycles. The molecule has 1 heteroatoms. The predicted octanol–water partition coefficient (Wildman–Crippen LogP) is 3.76. The molecule has 1 nitrogen and oxygen atoms in total. The highest BCUT2D eigenvalue weighted by Crippen LogP contribution is 2.35. The van der Waals surface area contributed by atoms with Crippen molar-refractivity contribution in [1.82, 2.24) is 5.32 Å². The Hall–Kier alpha value is -0.300. The van der Waals surface area contributed by atoms with Crippen molar-refractivity contribution in [3.63, 3.8) is 0 Å². The Morgan fingerprint density at radius 2 is 2.27 bits per heavy atom. The quantitative estimate of drug-likeness (QED) is 0.497. The maximum Gasteiger partial charge on any atom is 0.00925 e. The van der Waals surface area contributed by atoms with Gasteiger partial charge in [0, 0.05) is 6.04 Å². The van der Waals surface area contributed by atoms with E-state index in [0.29, 0.717) is 0 Å². The van der Waals surface area contributed by atoms with E-state index in [1.165, 1.54) is 44.9 Å². The van der Waals surface area contributed by atoms with Crippen molar-refractivity contribution in [2.45, 2.75) is 57.9 Å². The Morgan fingerprint density at radius 3 is 2.80 bits per heavy atom. The summed E-state index contributed by atoms with van der Waals surface area (Å²) in [4.78, 5) is 0. The van der Waals surface area contributed by atoms with E-state index >= 15 is 0 Å². The van der Waals surface area contributed by atoms with Gasteiger partial charge < -0.3 is 5.32 Å². The Kier molecular flexibility index (Phi) is 6.00. The summed E-state index contributed by atoms with van der Waals surface area (Å²) in [7, 11) is 2.12. The van der Waals surface area contributed by atoms with Gasteiger partial charge in [0.25, 0.3) is 0 Å². The highest BCUT2D eigenvalue weighted by molar-refractivity contribution is 4.84. The van der Waals surface area contributed by atoms with Crippen molar-refractivity contribution in [3.05, 3.63) is 12.7 Å². The van der Waals surface area contributed by atoms with Crippen LogP contribution in [0.5, 0.6) is 0 Å². The van der Waals surface area contributed by atoms with Crippen LogP contribution in [0.15, 0.2) is 12.7 Å². The van der Waals surface area contributed by atoms with Crippen molar-refractivity contribution in [2.24, 2.45) is 11.8 Å². The number of unbranched alkanes of at least 4 members (excludes halogenated alkanes) is 1. The third-order valence-corrected chi connectivity index (χ3v) is 4.02. The van der Waals surface area contributed by atoms with Crippen molar-refractivity contribution >= 4 is 0 Å². The number of hydrogen-bond acceptors (Lipinski definition) is 1. The number of nitrogens with one attached hydrogen (secondary N) is 1. The monoisotopic (exact) mass is 209 g/mol. The maximum absolute atomic E-state index is 3.79. The summed E-state index contributed by atoms with van der Waals surface area (Å²) in [5, 5.41) is 3.51. The molecule has 0 aromatic rings. The van der Waals surface area contributed by atoms with E-state index in [1.807, 2.05) is 6.08 Å². The fourth-order valence-electron chi connectivity index (χ4n) is 2.95. The van der Waals surface area contributed by atoms with Crippen LogP contribution in [0.2, 0.25) is 0 Å². The first-order valence-electron chi connectivity index (χ1n) is 6.60. The zero-order valence-electron chi connectivity index (χ0n) is 10.5. The third-order valence-electron chi connectivity index (χ3n) is 4.02. The van der Waals surface area contributed by atoms with E-state index in [1.54, 1.807) is 0 Å². The molecule has 0 radical (unpaired) electrons. The molecule has 0 aliphatic heterocycles. The molecular weight excluding hydrogens is 182 g/mol. The van der Waals surface area contributed by atoms with Gasteiger partial charge >= 0.3 is 0 Å². The molecule has 1 N–H and O–H groups in total. The molecule has 1 fully saturated rings. The van der Waals surface area contributed by atoms with Crippen molar-refractivity contribution in [2.75, 3.05) is 7.05 Å². The lowest BCUT2D eigenvalue weighted by molar-refractivity contribution is 0.341. The Morgan fingerprint density at radius 1 is 1.47 bits per heavy atom. The smallest absolute Gasteiger partial charge is 0.00925 e. The predicted molar refractivity (Wildman–Crippen MR) is 68.0 cm³/mol. The highest BCUT2D eigenvalue weighted by Gasteiger charge is 2.28. The standard InChI is InChI=1S/C14H27N/c1-4-6-7-8-14(15-3)13-10-9-12(5-2)11-13/h4,12-15H,1,5-11H2,2-3H3. The SMILES string of the molecule is C=CCCCC(NC)C1CCC(CC)C1. The van der Waals surface area contributed by atoms with E-state index < -0.39 is 0 Å². The normalized spacial score (nSPS) is 27.9. The fourth-order valence-corrected chi connectivity index (χ4v) is 2.95. The molecule has 15 heavy (non-hydrogen) atoms. The van der Waals surface area contributed by atoms with Gasteiger partial charge in [0.15, 0.2) is 0 Å². The molecule has 1 rings (SSSR count). The van der Waals surface area contributed by atoms with Crippen molar-refractivity contribution in [1.29, 1.82) is 0 Å². The molecule has 1 aliphatic rings. The van der Waals surface area contributed by atoms with Crippen LogP contribution in [-0.4, -0.2) is 13.1 Å². The molecule has 1 aliphatic carbocycles. The largest absolute Gasteiger partial charge is 0.317 e. The Labute approximate surface area is 95.3 Å². The van der Waals surface area contributed by atoms with Gasteiger partial charge in [-0.2, -0.15) is 0 Å². The lowest BCUT2D eigenvalue weighted by Gasteiger charge is -2.23. The highest BCUT2D eigenvalue weighted by atomic mass is 14.9. The Bertz CT molecular complexity index is 176. The first-order chi connectivity index (χ1) is 7.31. The first kappa shape index (κ1) is 12.8. The molecule has 0 bridgehead atoms. The van der Waals surface area contributed by atoms with E-state index in [2.05, 4.69) is 25.9 Å². The minimum absolute atomic E-state index is 0.751. The second-order valence-corrected chi connectivity index (χ2v) is 4.96. The summed E-state index contributed by atoms with van der Waals surface area (Å²) in [5.41, 5.74) is 0. The van der Waals surface area contributed by atoms with Crippen LogP contribution in [0.3, 0.4) is 0 Å². The molecule has 0 heterocycles. The van der Waals surface area contributed by atoms with Crippen LogP contribution in [0, 0.1) is 11.8 Å². The summed E-state index contributed by atoms with van der Waals surface area (Å²) >= 11 is 0. The van der Waals surface area contributed by atoms with Crippen molar-refractivity contribution in [3.8, 4) is 0 Å². The summed E-state index contributed by atoms with van der Waals surface area (Å²) in [6, 6.07) is 0.751. The zero-order valence-corrected chi connectivity index (χ0v) is 10.5. The van der Waals surface area contributed by atoms with Gasteiger partial charge in [0.05, 0.1) is 0 Å². The van der Waals surface area contributed by atoms with E-state index in [9.17, 15) is 0 Å². The van der Waals surface area contributed by atoms with E-state index in [-0.39, 0.29) is 0 Å². The number of rotatable bonds is 7. The molecule has 0 amide bonds. The molecule has 0 aromatic carbocycles. The first-order valence-corrected chi connectivity index (χ1v) is 6.60. The summed E-state index contributed by atoms with van der Waals surface area (Å²) in [5.74, 6) is 1.94. The molecule has 0 spiro atoms. The Balaban J connectivity index is 2.28. The second-order valence-electron chi connectivity index (χ2n) is 4.96. The van der Waals surface area contributed by atoms with Gasteiger partial charge in [0.2, 0.25) is 0 Å².